The van der Waals surface area contributed by atoms with Crippen LogP contribution in [0.25, 0.3) is 44.5 Å². The van der Waals surface area contributed by atoms with Gasteiger partial charge in [-0.2, -0.15) is 0 Å². The minimum atomic E-state index is 0. The van der Waals surface area contributed by atoms with E-state index >= 15 is 0 Å². The SMILES string of the molecule is CCOCC.CCOCC.[Cl-].[Cl-].[Cl-].[Cl-].[Cl-].[Cl-].[Cl-].[Cl-].[Ni+2].[Ni+2].[Ni+2].[Ni+2].c1ccc(-c2ccccc2CP2C3CCCC2CCC3)c(CP2C3CCCC2CCC3)c1.c1ccc(-c2ccccc2CP2C3CCCC2CCC3)c(CP2C3CCCC2CCC3)c1.c1ccc(-c2ccccc2CP2C3CCCC2CCC3)c(CP2C3CCCC2CCC3)c1.c1ccc(-c2ccccc2CP2C3CCCC2CCC3)c(CP2C3CCCC2CCC3)c1. The Hall–Kier alpha value is 1.41. The summed E-state index contributed by atoms with van der Waals surface area (Å²) in [4.78, 5) is 0. The van der Waals surface area contributed by atoms with Gasteiger partial charge in [0.15, 0.2) is 0 Å². The van der Waals surface area contributed by atoms with E-state index in [9.17, 15) is 0 Å². The second kappa shape index (κ2) is 72.4. The van der Waals surface area contributed by atoms with Gasteiger partial charge in [0.1, 0.15) is 0 Å². The third-order valence-electron chi connectivity index (χ3n) is 37.6. The van der Waals surface area contributed by atoms with Gasteiger partial charge >= 0.3 is 66.0 Å². The first kappa shape index (κ1) is 138. The second-order valence-corrected chi connectivity index (χ2v) is 68.0. The van der Waals surface area contributed by atoms with Gasteiger partial charge in [-0.3, -0.25) is 0 Å². The molecule has 0 saturated carbocycles. The minimum absolute atomic E-state index is 0. The molecule has 840 valence electrons. The maximum Gasteiger partial charge on any atom is 2.00 e. The Labute approximate surface area is 1010 Å². The summed E-state index contributed by atoms with van der Waals surface area (Å²) in [5.74, 6) is 0. The number of halogens is 8. The molecule has 22 heteroatoms. The Morgan fingerprint density at radius 2 is 0.227 bits per heavy atom. The van der Waals surface area contributed by atoms with E-state index in [2.05, 4.69) is 194 Å². The van der Waals surface area contributed by atoms with E-state index in [1.54, 1.807) is 89.0 Å². The summed E-state index contributed by atoms with van der Waals surface area (Å²) in [6.07, 6.45) is 83.8. The molecule has 0 N–H and O–H groups in total. The molecule has 0 amide bonds. The molecular formula is C128H180Cl8Ni4O2P8. The molecular weight excluding hydrogens is 2340 g/mol. The van der Waals surface area contributed by atoms with Crippen molar-refractivity contribution >= 4 is 63.4 Å². The van der Waals surface area contributed by atoms with Crippen molar-refractivity contribution in [3.05, 3.63) is 239 Å². The average Bonchev–Trinajstić information content (AvgIpc) is 0.790. The zero-order chi connectivity index (χ0) is 93.6. The number of benzene rings is 8. The largest absolute Gasteiger partial charge is 2.00 e. The molecule has 16 heterocycles. The summed E-state index contributed by atoms with van der Waals surface area (Å²) < 4.78 is 9.67. The van der Waals surface area contributed by atoms with Crippen molar-refractivity contribution in [2.24, 2.45) is 0 Å². The molecule has 8 aromatic carbocycles. The Balaban J connectivity index is 0.000000255. The summed E-state index contributed by atoms with van der Waals surface area (Å²) >= 11 is 0. The quantitative estimate of drug-likeness (QED) is 0.0443. The van der Waals surface area contributed by atoms with Crippen LogP contribution in [0.4, 0.5) is 0 Å². The number of hydrogen-bond acceptors (Lipinski definition) is 2. The van der Waals surface area contributed by atoms with Gasteiger partial charge < -0.3 is 109 Å². The normalized spacial score (nSPS) is 29.8. The Morgan fingerprint density at radius 3 is 0.300 bits per heavy atom. The van der Waals surface area contributed by atoms with Crippen LogP contribution in [-0.2, 0) is 125 Å². The fraction of sp³-hybridized carbons (Fsp3) is 0.625. The smallest absolute Gasteiger partial charge is 1.00 e. The second-order valence-electron chi connectivity index (χ2n) is 45.6. The minimum Gasteiger partial charge on any atom is -1.00 e. The first-order valence-electron chi connectivity index (χ1n) is 58.2. The molecule has 24 rings (SSSR count). The number of rotatable bonds is 24. The fourth-order valence-electron chi connectivity index (χ4n) is 30.8. The van der Waals surface area contributed by atoms with Crippen molar-refractivity contribution in [2.45, 2.75) is 476 Å². The van der Waals surface area contributed by atoms with Gasteiger partial charge in [-0.05, 0) is 462 Å². The van der Waals surface area contributed by atoms with E-state index in [0.717, 1.165) is 117 Å². The van der Waals surface area contributed by atoms with Crippen molar-refractivity contribution in [3.8, 4) is 44.5 Å². The molecule has 0 atom stereocenters. The number of fused-ring (bicyclic) bond motifs is 16. The predicted molar refractivity (Wildman–Crippen MR) is 619 cm³/mol. The molecule has 16 aliphatic heterocycles. The molecule has 0 radical (unpaired) electrons. The molecule has 16 fully saturated rings. The standard InChI is InChI=1S/4C30H40P2.2C4H10O.8ClH.4Ni/c4*1-3-19-29(23(9-1)21-31-25-11-5-12-26(31)14-6-13-25)30-20-4-2-10-24(30)22-32-27-15-7-16-28(32)18-8-17-27;2*1-3-5-4-2;;;;;;;;;;;;/h4*1-4,9-10,19-20,25-28H,5-8,11-18,21-22H2;2*3-4H2,1-2H3;8*1H;;;;/q;;;;;;;;;;;;;;4*+2/p-8. The van der Waals surface area contributed by atoms with E-state index < -0.39 is 0 Å². The van der Waals surface area contributed by atoms with Crippen molar-refractivity contribution in [3.63, 3.8) is 0 Å². The van der Waals surface area contributed by atoms with Gasteiger partial charge in [0.05, 0.1) is 0 Å². The predicted octanol–water partition coefficient (Wildman–Crippen LogP) is 16.2. The van der Waals surface area contributed by atoms with E-state index in [4.69, 9.17) is 9.47 Å². The molecule has 2 nitrogen and oxygen atoms in total. The first-order chi connectivity index (χ1) is 68.3. The van der Waals surface area contributed by atoms with Gasteiger partial charge in [-0.15, -0.1) is 0 Å². The maximum absolute atomic E-state index is 4.83. The van der Waals surface area contributed by atoms with Crippen LogP contribution in [0.15, 0.2) is 194 Å². The van der Waals surface area contributed by atoms with Gasteiger partial charge in [-0.1, -0.05) is 360 Å². The van der Waals surface area contributed by atoms with E-state index in [-0.39, 0.29) is 229 Å². The van der Waals surface area contributed by atoms with Gasteiger partial charge in [0.25, 0.3) is 0 Å². The fourth-order valence-corrected chi connectivity index (χ4v) is 61.6. The third kappa shape index (κ3) is 36.2. The zero-order valence-corrected chi connectivity index (χ0v) is 108. The van der Waals surface area contributed by atoms with Crippen LogP contribution < -0.4 is 99.3 Å². The average molecular weight is 2520 g/mol. The number of hydrogen-bond donors (Lipinski definition) is 0. The van der Waals surface area contributed by atoms with Gasteiger partial charge in [0, 0.05) is 26.4 Å². The monoisotopic (exact) mass is 2510 g/mol. The van der Waals surface area contributed by atoms with E-state index in [1.807, 2.05) is 27.7 Å². The molecule has 16 saturated heterocycles. The Bertz CT molecular complexity index is 4000. The summed E-state index contributed by atoms with van der Waals surface area (Å²) in [5.41, 5.74) is 42.9. The third-order valence-corrected chi connectivity index (χ3v) is 66.6. The first-order valence-corrected chi connectivity index (χ1v) is 71.5. The van der Waals surface area contributed by atoms with E-state index in [0.29, 0.717) is 0 Å². The molecule has 0 aromatic heterocycles. The Morgan fingerprint density at radius 1 is 0.147 bits per heavy atom. The molecule has 150 heavy (non-hydrogen) atoms. The molecule has 16 bridgehead atoms. The van der Waals surface area contributed by atoms with Crippen LogP contribution in [0, 0.1) is 0 Å². The molecule has 0 spiro atoms. The maximum atomic E-state index is 4.83. The van der Waals surface area contributed by atoms with E-state index in [1.165, 1.54) is 357 Å². The van der Waals surface area contributed by atoms with Crippen molar-refractivity contribution < 1.29 is 175 Å². The zero-order valence-electron chi connectivity index (χ0n) is 90.8. The van der Waals surface area contributed by atoms with Crippen LogP contribution >= 0.6 is 63.4 Å². The summed E-state index contributed by atoms with van der Waals surface area (Å²) in [6, 6.07) is 76.4. The molecule has 0 unspecified atom stereocenters. The summed E-state index contributed by atoms with van der Waals surface area (Å²) in [6.45, 7) is 11.3. The van der Waals surface area contributed by atoms with Crippen molar-refractivity contribution in [1.82, 2.24) is 0 Å². The number of ether oxygens (including phenoxy) is 2. The Kier molecular flexibility index (Phi) is 66.7. The van der Waals surface area contributed by atoms with Gasteiger partial charge in [-0.25, -0.2) is 0 Å². The van der Waals surface area contributed by atoms with Crippen LogP contribution in [0.1, 0.15) is 380 Å². The molecule has 16 aliphatic rings. The van der Waals surface area contributed by atoms with Crippen LogP contribution in [0.3, 0.4) is 0 Å². The van der Waals surface area contributed by atoms with Crippen LogP contribution in [0.5, 0.6) is 0 Å². The van der Waals surface area contributed by atoms with Crippen LogP contribution in [0.2, 0.25) is 0 Å². The van der Waals surface area contributed by atoms with Gasteiger partial charge in [0.2, 0.25) is 0 Å². The summed E-state index contributed by atoms with van der Waals surface area (Å²) in [7, 11) is 1.42. The molecule has 8 aromatic rings. The van der Waals surface area contributed by atoms with Crippen molar-refractivity contribution in [2.75, 3.05) is 26.4 Å². The van der Waals surface area contributed by atoms with Crippen molar-refractivity contribution in [1.29, 1.82) is 0 Å². The topological polar surface area (TPSA) is 18.5 Å². The molecule has 0 aliphatic carbocycles. The van der Waals surface area contributed by atoms with Crippen LogP contribution in [-0.4, -0.2) is 117 Å². The summed E-state index contributed by atoms with van der Waals surface area (Å²) in [5, 5.41) is 0.